The normalized spacial score (nSPS) is 14.9. The molecule has 9 heteroatoms. The van der Waals surface area contributed by atoms with E-state index in [1.807, 2.05) is 44.5 Å². The number of aromatic nitrogens is 6. The van der Waals surface area contributed by atoms with Crippen molar-refractivity contribution in [3.63, 3.8) is 0 Å². The summed E-state index contributed by atoms with van der Waals surface area (Å²) in [5.41, 5.74) is 5.53. The van der Waals surface area contributed by atoms with Gasteiger partial charge in [0.1, 0.15) is 0 Å². The lowest BCUT2D eigenvalue weighted by Crippen LogP contribution is -2.09. The number of nitrogens with zero attached hydrogens (tertiary/aromatic N) is 5. The molecule has 1 aliphatic heterocycles. The van der Waals surface area contributed by atoms with Crippen molar-refractivity contribution >= 4 is 23.1 Å². The lowest BCUT2D eigenvalue weighted by atomic mass is 10.1. The van der Waals surface area contributed by atoms with Gasteiger partial charge >= 0.3 is 0 Å². The van der Waals surface area contributed by atoms with E-state index in [2.05, 4.69) is 26.5 Å². The molecule has 3 aromatic heterocycles. The Balaban J connectivity index is 1.63. The number of aliphatic hydroxyl groups is 1. The van der Waals surface area contributed by atoms with Crippen LogP contribution in [-0.4, -0.2) is 54.7 Å². The molecule has 0 radical (unpaired) electrons. The first-order valence-electron chi connectivity index (χ1n) is 10.3. The summed E-state index contributed by atoms with van der Waals surface area (Å²) in [6.45, 7) is 3.35. The van der Waals surface area contributed by atoms with Crippen LogP contribution in [0.5, 0.6) is 11.8 Å². The second-order valence-electron chi connectivity index (χ2n) is 7.49. The molecule has 0 saturated carbocycles. The number of aromatic amines is 1. The fraction of sp³-hybridized carbons (Fsp3) is 0.318. The maximum absolute atomic E-state index is 9.35. The topological polar surface area (TPSA) is 103 Å². The fourth-order valence-corrected chi connectivity index (χ4v) is 3.83. The van der Waals surface area contributed by atoms with Gasteiger partial charge in [0.2, 0.25) is 11.8 Å². The zero-order chi connectivity index (χ0) is 21.4. The number of fused-ring (bicyclic) bond motifs is 4. The predicted octanol–water partition coefficient (Wildman–Crippen LogP) is 2.79. The molecule has 31 heavy (non-hydrogen) atoms. The first-order chi connectivity index (χ1) is 15.2. The first-order valence-corrected chi connectivity index (χ1v) is 10.3. The highest BCUT2D eigenvalue weighted by atomic mass is 16.5. The van der Waals surface area contributed by atoms with Gasteiger partial charge in [0.05, 0.1) is 54.9 Å². The van der Waals surface area contributed by atoms with E-state index in [-0.39, 0.29) is 6.61 Å². The van der Waals surface area contributed by atoms with E-state index in [4.69, 9.17) is 9.47 Å². The van der Waals surface area contributed by atoms with Crippen molar-refractivity contribution in [2.24, 2.45) is 7.05 Å². The molecular formula is C22H24N6O3. The van der Waals surface area contributed by atoms with Gasteiger partial charge in [-0.25, -0.2) is 4.68 Å². The minimum Gasteiger partial charge on any atom is -0.477 e. The summed E-state index contributed by atoms with van der Waals surface area (Å²) in [5.74, 6) is 1.26. The van der Waals surface area contributed by atoms with Crippen LogP contribution in [0.1, 0.15) is 23.4 Å². The number of aryl methyl sites for hydroxylation is 1. The zero-order valence-electron chi connectivity index (χ0n) is 17.5. The Kier molecular flexibility index (Phi) is 4.95. The van der Waals surface area contributed by atoms with E-state index in [0.717, 1.165) is 44.9 Å². The third kappa shape index (κ3) is 3.46. The van der Waals surface area contributed by atoms with Crippen LogP contribution in [0.15, 0.2) is 24.4 Å². The zero-order valence-corrected chi connectivity index (χ0v) is 17.5. The van der Waals surface area contributed by atoms with Crippen molar-refractivity contribution in [1.82, 2.24) is 29.8 Å². The van der Waals surface area contributed by atoms with Gasteiger partial charge in [-0.1, -0.05) is 6.07 Å². The summed E-state index contributed by atoms with van der Waals surface area (Å²) in [6.07, 6.45) is 6.45. The second kappa shape index (κ2) is 7.92. The quantitative estimate of drug-likeness (QED) is 0.517. The van der Waals surface area contributed by atoms with Crippen molar-refractivity contribution in [1.29, 1.82) is 0 Å². The Hall–Kier alpha value is -3.59. The highest BCUT2D eigenvalue weighted by Crippen LogP contribution is 2.33. The Bertz CT molecular complexity index is 1270. The molecule has 0 fully saturated rings. The van der Waals surface area contributed by atoms with E-state index in [0.29, 0.717) is 32.1 Å². The van der Waals surface area contributed by atoms with Crippen LogP contribution in [-0.2, 0) is 13.6 Å². The summed E-state index contributed by atoms with van der Waals surface area (Å²) in [4.78, 5) is 0. The molecule has 5 rings (SSSR count). The van der Waals surface area contributed by atoms with Gasteiger partial charge in [-0.15, -0.1) is 5.10 Å². The van der Waals surface area contributed by atoms with Crippen LogP contribution in [0.25, 0.3) is 34.2 Å². The highest BCUT2D eigenvalue weighted by molar-refractivity contribution is 5.93. The number of nitrogens with one attached hydrogen (secondary N) is 1. The number of aliphatic hydroxyl groups excluding tert-OH is 1. The van der Waals surface area contributed by atoms with Crippen molar-refractivity contribution in [2.75, 3.05) is 19.8 Å². The van der Waals surface area contributed by atoms with Crippen molar-refractivity contribution < 1.29 is 14.6 Å². The Morgan fingerprint density at radius 3 is 2.94 bits per heavy atom. The van der Waals surface area contributed by atoms with Gasteiger partial charge < -0.3 is 14.6 Å². The van der Waals surface area contributed by atoms with Crippen LogP contribution in [0, 0.1) is 6.92 Å². The molecule has 2 bridgehead atoms. The van der Waals surface area contributed by atoms with Crippen molar-refractivity contribution in [3.8, 4) is 22.9 Å². The number of rotatable bonds is 2. The standard InChI is InChI=1S/C22H24N6O3/c1-14-16-5-7-20-17-12-15(4-6-19(17)24-25-20)18-13-23-27(2)22(18)31-11-3-10-30-21(16)26-28(14)8-9-29/h4-7,12-13,29H,3,8-11H2,1-2H3,(H,24,25)/b7-5+. The molecule has 0 unspecified atom stereocenters. The summed E-state index contributed by atoms with van der Waals surface area (Å²) in [7, 11) is 1.87. The maximum atomic E-state index is 9.35. The van der Waals surface area contributed by atoms with E-state index in [9.17, 15) is 5.11 Å². The van der Waals surface area contributed by atoms with Crippen LogP contribution in [0.2, 0.25) is 0 Å². The monoisotopic (exact) mass is 420 g/mol. The van der Waals surface area contributed by atoms with Crippen LogP contribution in [0.3, 0.4) is 0 Å². The van der Waals surface area contributed by atoms with Gasteiger partial charge in [-0.05, 0) is 36.8 Å². The number of ether oxygens (including phenoxy) is 2. The molecule has 1 aromatic carbocycles. The molecule has 4 heterocycles. The highest BCUT2D eigenvalue weighted by Gasteiger charge is 2.17. The molecule has 160 valence electrons. The van der Waals surface area contributed by atoms with Gasteiger partial charge in [0.25, 0.3) is 0 Å². The number of hydrogen-bond acceptors (Lipinski definition) is 6. The van der Waals surface area contributed by atoms with E-state index < -0.39 is 0 Å². The lowest BCUT2D eigenvalue weighted by molar-refractivity contribution is 0.228. The molecule has 0 aliphatic carbocycles. The molecule has 0 amide bonds. The molecule has 0 spiro atoms. The van der Waals surface area contributed by atoms with Gasteiger partial charge in [-0.3, -0.25) is 9.78 Å². The molecule has 4 aromatic rings. The lowest BCUT2D eigenvalue weighted by Gasteiger charge is -2.10. The first kappa shape index (κ1) is 19.4. The summed E-state index contributed by atoms with van der Waals surface area (Å²) in [6, 6.07) is 6.16. The average molecular weight is 420 g/mol. The molecule has 0 atom stereocenters. The summed E-state index contributed by atoms with van der Waals surface area (Å²) < 4.78 is 15.5. The summed E-state index contributed by atoms with van der Waals surface area (Å²) >= 11 is 0. The van der Waals surface area contributed by atoms with Crippen LogP contribution >= 0.6 is 0 Å². The van der Waals surface area contributed by atoms with Crippen LogP contribution in [0.4, 0.5) is 0 Å². The predicted molar refractivity (Wildman–Crippen MR) is 117 cm³/mol. The average Bonchev–Trinajstić information content (AvgIpc) is 3.42. The molecule has 1 aliphatic rings. The van der Waals surface area contributed by atoms with Gasteiger partial charge in [0.15, 0.2) is 0 Å². The molecule has 2 N–H and O–H groups in total. The van der Waals surface area contributed by atoms with Crippen LogP contribution < -0.4 is 9.47 Å². The minimum atomic E-state index is 0.0127. The Labute approximate surface area is 178 Å². The smallest absolute Gasteiger partial charge is 0.240 e. The molecule has 0 saturated heterocycles. The largest absolute Gasteiger partial charge is 0.477 e. The SMILES string of the molecule is Cc1c2c(nn1CCO)OCCCOc1c(cnn1C)-c1ccc3[nH]nc(c3c1)/C=C/2. The number of H-pyrrole nitrogens is 1. The second-order valence-corrected chi connectivity index (χ2v) is 7.49. The molecule has 9 nitrogen and oxygen atoms in total. The van der Waals surface area contributed by atoms with Crippen molar-refractivity contribution in [2.45, 2.75) is 19.9 Å². The van der Waals surface area contributed by atoms with Crippen molar-refractivity contribution in [3.05, 3.63) is 41.3 Å². The van der Waals surface area contributed by atoms with E-state index >= 15 is 0 Å². The van der Waals surface area contributed by atoms with E-state index in [1.54, 1.807) is 9.36 Å². The Morgan fingerprint density at radius 1 is 1.19 bits per heavy atom. The van der Waals surface area contributed by atoms with Gasteiger partial charge in [-0.2, -0.15) is 10.2 Å². The fourth-order valence-electron chi connectivity index (χ4n) is 3.83. The Morgan fingerprint density at radius 2 is 2.06 bits per heavy atom. The van der Waals surface area contributed by atoms with E-state index in [1.165, 1.54) is 0 Å². The third-order valence-electron chi connectivity index (χ3n) is 5.49. The third-order valence-corrected chi connectivity index (χ3v) is 5.49. The number of benzene rings is 1. The summed E-state index contributed by atoms with van der Waals surface area (Å²) in [5, 5.41) is 26.8. The molecular weight excluding hydrogens is 396 g/mol. The number of hydrogen-bond donors (Lipinski definition) is 2. The minimum absolute atomic E-state index is 0.0127. The van der Waals surface area contributed by atoms with Gasteiger partial charge in [0, 0.05) is 24.5 Å². The maximum Gasteiger partial charge on any atom is 0.240 e.